The minimum Gasteiger partial charge on any atom is -0.313 e. The van der Waals surface area contributed by atoms with Crippen molar-refractivity contribution in [3.63, 3.8) is 0 Å². The van der Waals surface area contributed by atoms with Crippen LogP contribution in [0, 0.1) is 19.8 Å². The molecule has 0 fully saturated rings. The molecule has 15 heavy (non-hydrogen) atoms. The Kier molecular flexibility index (Phi) is 4.82. The molecule has 0 spiro atoms. The van der Waals surface area contributed by atoms with Crippen LogP contribution in [0.25, 0.3) is 0 Å². The van der Waals surface area contributed by atoms with Crippen LogP contribution in [-0.4, -0.2) is 16.7 Å². The first-order chi connectivity index (χ1) is 7.11. The van der Waals surface area contributed by atoms with E-state index in [2.05, 4.69) is 43.2 Å². The summed E-state index contributed by atoms with van der Waals surface area (Å²) >= 11 is 0. The molecule has 0 saturated carbocycles. The Balaban J connectivity index is 2.20. The fraction of sp³-hybridized carbons (Fsp3) is 0.750. The van der Waals surface area contributed by atoms with E-state index in [-0.39, 0.29) is 0 Å². The number of aryl methyl sites for hydroxylation is 2. The Bertz CT molecular complexity index is 270. The Labute approximate surface area is 92.7 Å². The Morgan fingerprint density at radius 3 is 2.60 bits per heavy atom. The Hall–Kier alpha value is -0.830. The second kappa shape index (κ2) is 5.91. The number of hydrogen-bond donors (Lipinski definition) is 2. The third-order valence-corrected chi connectivity index (χ3v) is 2.72. The van der Waals surface area contributed by atoms with E-state index in [1.165, 1.54) is 24.1 Å². The normalized spacial score (nSPS) is 11.3. The van der Waals surface area contributed by atoms with E-state index in [1.807, 2.05) is 0 Å². The molecular weight excluding hydrogens is 186 g/mol. The molecule has 0 radical (unpaired) electrons. The monoisotopic (exact) mass is 209 g/mol. The highest BCUT2D eigenvalue weighted by molar-refractivity contribution is 5.22. The van der Waals surface area contributed by atoms with E-state index >= 15 is 0 Å². The smallest absolute Gasteiger partial charge is 0.0638 e. The fourth-order valence-electron chi connectivity index (χ4n) is 1.68. The molecule has 3 heteroatoms. The zero-order valence-electron chi connectivity index (χ0n) is 10.4. The molecule has 86 valence electrons. The van der Waals surface area contributed by atoms with E-state index in [0.29, 0.717) is 0 Å². The lowest BCUT2D eigenvalue weighted by Crippen LogP contribution is -2.16. The number of aromatic amines is 1. The minimum absolute atomic E-state index is 0.809. The number of H-pyrrole nitrogens is 1. The van der Waals surface area contributed by atoms with Gasteiger partial charge in [0.25, 0.3) is 0 Å². The molecule has 0 atom stereocenters. The lowest BCUT2D eigenvalue weighted by atomic mass is 10.1. The van der Waals surface area contributed by atoms with Crippen LogP contribution in [0.5, 0.6) is 0 Å². The molecule has 0 aliphatic carbocycles. The van der Waals surface area contributed by atoms with Crippen LogP contribution in [0.15, 0.2) is 0 Å². The van der Waals surface area contributed by atoms with Gasteiger partial charge in [0.05, 0.1) is 5.69 Å². The highest BCUT2D eigenvalue weighted by Crippen LogP contribution is 2.08. The highest BCUT2D eigenvalue weighted by atomic mass is 15.1. The predicted molar refractivity (Wildman–Crippen MR) is 63.8 cm³/mol. The molecule has 0 saturated heterocycles. The summed E-state index contributed by atoms with van der Waals surface area (Å²) in [6.07, 6.45) is 2.56. The average Bonchev–Trinajstić information content (AvgIpc) is 2.47. The first kappa shape index (κ1) is 12.2. The lowest BCUT2D eigenvalue weighted by Gasteiger charge is -2.06. The minimum atomic E-state index is 0.809. The molecule has 1 rings (SSSR count). The van der Waals surface area contributed by atoms with Gasteiger partial charge in [0.2, 0.25) is 0 Å². The molecule has 1 aromatic rings. The summed E-state index contributed by atoms with van der Waals surface area (Å²) in [7, 11) is 0. The van der Waals surface area contributed by atoms with Gasteiger partial charge >= 0.3 is 0 Å². The molecule has 0 aliphatic heterocycles. The van der Waals surface area contributed by atoms with Crippen LogP contribution in [0.2, 0.25) is 0 Å². The third kappa shape index (κ3) is 4.04. The lowest BCUT2D eigenvalue weighted by molar-refractivity contribution is 0.527. The number of rotatable bonds is 6. The molecule has 2 N–H and O–H groups in total. The van der Waals surface area contributed by atoms with Gasteiger partial charge in [-0.05, 0) is 39.2 Å². The van der Waals surface area contributed by atoms with Gasteiger partial charge in [0.1, 0.15) is 0 Å². The summed E-state index contributed by atoms with van der Waals surface area (Å²) in [6, 6.07) is 0. The first-order valence-electron chi connectivity index (χ1n) is 5.82. The quantitative estimate of drug-likeness (QED) is 0.707. The number of nitrogens with one attached hydrogen (secondary N) is 2. The summed E-state index contributed by atoms with van der Waals surface area (Å²) in [4.78, 5) is 0. The van der Waals surface area contributed by atoms with E-state index in [1.54, 1.807) is 0 Å². The summed E-state index contributed by atoms with van der Waals surface area (Å²) in [6.45, 7) is 10.7. The molecule has 1 aromatic heterocycles. The maximum atomic E-state index is 4.18. The maximum absolute atomic E-state index is 4.18. The fourth-order valence-corrected chi connectivity index (χ4v) is 1.68. The van der Waals surface area contributed by atoms with Gasteiger partial charge in [-0.2, -0.15) is 5.10 Å². The van der Waals surface area contributed by atoms with E-state index in [0.717, 1.165) is 24.7 Å². The van der Waals surface area contributed by atoms with Crippen molar-refractivity contribution < 1.29 is 0 Å². The number of nitrogens with zero attached hydrogens (tertiary/aromatic N) is 1. The van der Waals surface area contributed by atoms with Crippen LogP contribution in [0.3, 0.4) is 0 Å². The zero-order chi connectivity index (χ0) is 11.3. The average molecular weight is 209 g/mol. The Morgan fingerprint density at radius 1 is 1.33 bits per heavy atom. The molecule has 3 nitrogen and oxygen atoms in total. The molecule has 0 amide bonds. The third-order valence-electron chi connectivity index (χ3n) is 2.72. The molecular formula is C12H23N3. The maximum Gasteiger partial charge on any atom is 0.0638 e. The largest absolute Gasteiger partial charge is 0.313 e. The second-order valence-corrected chi connectivity index (χ2v) is 4.63. The van der Waals surface area contributed by atoms with Crippen LogP contribution in [0.4, 0.5) is 0 Å². The topological polar surface area (TPSA) is 40.7 Å². The van der Waals surface area contributed by atoms with Gasteiger partial charge < -0.3 is 5.32 Å². The molecule has 0 aliphatic rings. The highest BCUT2D eigenvalue weighted by Gasteiger charge is 2.04. The summed E-state index contributed by atoms with van der Waals surface area (Å²) in [5, 5.41) is 10.6. The van der Waals surface area contributed by atoms with Crippen molar-refractivity contribution in [2.45, 2.75) is 47.1 Å². The van der Waals surface area contributed by atoms with Crippen LogP contribution < -0.4 is 5.32 Å². The van der Waals surface area contributed by atoms with Crippen molar-refractivity contribution in [1.29, 1.82) is 0 Å². The van der Waals surface area contributed by atoms with Crippen molar-refractivity contribution in [3.8, 4) is 0 Å². The number of hydrogen-bond acceptors (Lipinski definition) is 2. The van der Waals surface area contributed by atoms with Gasteiger partial charge in [-0.1, -0.05) is 13.8 Å². The van der Waals surface area contributed by atoms with Crippen molar-refractivity contribution in [1.82, 2.24) is 15.5 Å². The van der Waals surface area contributed by atoms with Crippen molar-refractivity contribution in [2.75, 3.05) is 6.54 Å². The van der Waals surface area contributed by atoms with Crippen molar-refractivity contribution in [2.24, 2.45) is 5.92 Å². The molecule has 0 bridgehead atoms. The van der Waals surface area contributed by atoms with Crippen LogP contribution in [-0.2, 0) is 6.54 Å². The van der Waals surface area contributed by atoms with Crippen LogP contribution >= 0.6 is 0 Å². The standard InChI is InChI=1S/C12H23N3/c1-9(2)6-5-7-13-8-12-10(3)14-15-11(12)4/h9,13H,5-8H2,1-4H3,(H,14,15). The summed E-state index contributed by atoms with van der Waals surface area (Å²) in [5.74, 6) is 0.809. The zero-order valence-corrected chi connectivity index (χ0v) is 10.4. The van der Waals surface area contributed by atoms with E-state index < -0.39 is 0 Å². The molecule has 0 aromatic carbocycles. The van der Waals surface area contributed by atoms with Crippen molar-refractivity contribution >= 4 is 0 Å². The first-order valence-corrected chi connectivity index (χ1v) is 5.82. The van der Waals surface area contributed by atoms with Gasteiger partial charge in [-0.3, -0.25) is 5.10 Å². The SMILES string of the molecule is Cc1n[nH]c(C)c1CNCCCC(C)C. The van der Waals surface area contributed by atoms with E-state index in [4.69, 9.17) is 0 Å². The van der Waals surface area contributed by atoms with Crippen molar-refractivity contribution in [3.05, 3.63) is 17.0 Å². The van der Waals surface area contributed by atoms with Gasteiger partial charge in [0.15, 0.2) is 0 Å². The van der Waals surface area contributed by atoms with E-state index in [9.17, 15) is 0 Å². The van der Waals surface area contributed by atoms with Crippen LogP contribution in [0.1, 0.15) is 43.6 Å². The summed E-state index contributed by atoms with van der Waals surface area (Å²) in [5.41, 5.74) is 3.62. The second-order valence-electron chi connectivity index (χ2n) is 4.63. The molecule has 1 heterocycles. The van der Waals surface area contributed by atoms with Gasteiger partial charge in [0, 0.05) is 17.8 Å². The van der Waals surface area contributed by atoms with Gasteiger partial charge in [-0.25, -0.2) is 0 Å². The predicted octanol–water partition coefficient (Wildman–Crippen LogP) is 2.55. The number of aromatic nitrogens is 2. The molecule has 0 unspecified atom stereocenters. The summed E-state index contributed by atoms with van der Waals surface area (Å²) < 4.78 is 0. The van der Waals surface area contributed by atoms with Gasteiger partial charge in [-0.15, -0.1) is 0 Å². The Morgan fingerprint density at radius 2 is 2.07 bits per heavy atom.